The Bertz CT molecular complexity index is 1980. The predicted molar refractivity (Wildman–Crippen MR) is 210 cm³/mol. The molecule has 2 aliphatic rings. The number of halogens is 1. The Morgan fingerprint density at radius 3 is 1.72 bits per heavy atom. The average Bonchev–Trinajstić information content (AvgIpc) is 3.86. The number of carboxylic acid groups (broad SMARTS) is 1. The van der Waals surface area contributed by atoms with E-state index in [-0.39, 0.29) is 41.2 Å². The Kier molecular flexibility index (Phi) is 13.9. The summed E-state index contributed by atoms with van der Waals surface area (Å²) in [5.41, 5.74) is 5.50. The third-order valence-electron chi connectivity index (χ3n) is 9.27. The van der Waals surface area contributed by atoms with Crippen LogP contribution in [0.1, 0.15) is 58.4 Å². The van der Waals surface area contributed by atoms with Crippen molar-refractivity contribution in [3.05, 3.63) is 70.5 Å². The smallest absolute Gasteiger partial charge is 0.352 e. The van der Waals surface area contributed by atoms with Gasteiger partial charge >= 0.3 is 5.97 Å². The third-order valence-corrected chi connectivity index (χ3v) is 13.0. The van der Waals surface area contributed by atoms with Gasteiger partial charge in [0.15, 0.2) is 0 Å². The number of aromatic nitrogens is 2. The Balaban J connectivity index is 0.000000222. The van der Waals surface area contributed by atoms with Crippen molar-refractivity contribution in [2.75, 3.05) is 67.5 Å². The van der Waals surface area contributed by atoms with Crippen molar-refractivity contribution >= 4 is 71.8 Å². The summed E-state index contributed by atoms with van der Waals surface area (Å²) in [7, 11) is 1.46. The first-order valence-electron chi connectivity index (χ1n) is 16.9. The van der Waals surface area contributed by atoms with Crippen LogP contribution in [0, 0.1) is 0 Å². The number of likely N-dealkylation sites (N-methyl/N-ethyl adjacent to an activating group) is 2. The number of hydrogen-bond acceptors (Lipinski definition) is 7. The molecule has 2 aliphatic heterocycles. The zero-order valence-corrected chi connectivity index (χ0v) is 33.4. The molecule has 4 heterocycles. The highest BCUT2D eigenvalue weighted by molar-refractivity contribution is 14.0. The van der Waals surface area contributed by atoms with Gasteiger partial charge in [0.2, 0.25) is 20.0 Å². The molecule has 0 saturated carbocycles. The van der Waals surface area contributed by atoms with Crippen LogP contribution in [0.2, 0.25) is 0 Å². The molecular weight excluding hydrogens is 791 g/mol. The van der Waals surface area contributed by atoms with E-state index < -0.39 is 26.0 Å². The minimum atomic E-state index is -3.33. The molecule has 12 nitrogen and oxygen atoms in total. The molecule has 15 heteroatoms. The number of benzene rings is 2. The van der Waals surface area contributed by atoms with E-state index >= 15 is 0 Å². The molecular formula is C35H51IN6O6S2. The number of hydrogen-bond donors (Lipinski definition) is 3. The van der Waals surface area contributed by atoms with Gasteiger partial charge in [-0.1, -0.05) is 12.1 Å². The molecule has 2 fully saturated rings. The van der Waals surface area contributed by atoms with Gasteiger partial charge in [-0.25, -0.2) is 30.2 Å². The summed E-state index contributed by atoms with van der Waals surface area (Å²) in [5.74, 6) is -0.952. The number of sulfonamides is 2. The maximum atomic E-state index is 12.6. The number of rotatable bonds is 13. The molecule has 3 N–H and O–H groups in total. The van der Waals surface area contributed by atoms with E-state index in [2.05, 4.69) is 29.0 Å². The van der Waals surface area contributed by atoms with Crippen molar-refractivity contribution < 1.29 is 26.7 Å². The second-order valence-corrected chi connectivity index (χ2v) is 17.6. The summed E-state index contributed by atoms with van der Waals surface area (Å²) in [6.45, 7) is 4.20. The molecule has 0 amide bonds. The molecule has 4 aromatic rings. The number of H-pyrrole nitrogens is 2. The van der Waals surface area contributed by atoms with E-state index in [0.717, 1.165) is 71.6 Å². The van der Waals surface area contributed by atoms with Crippen molar-refractivity contribution in [3.63, 3.8) is 0 Å². The average molecular weight is 843 g/mol. The Hall–Kier alpha value is -2.54. The van der Waals surface area contributed by atoms with Crippen molar-refractivity contribution in [3.8, 4) is 0 Å². The number of fused-ring (bicyclic) bond motifs is 2. The lowest BCUT2D eigenvalue weighted by Gasteiger charge is -2.15. The molecule has 2 aromatic heterocycles. The number of nitrogens with one attached hydrogen (secondary N) is 2. The van der Waals surface area contributed by atoms with Crippen LogP contribution in [0.3, 0.4) is 0 Å². The molecule has 0 atom stereocenters. The number of carbonyl (C=O) groups is 1. The second-order valence-electron chi connectivity index (χ2n) is 13.7. The monoisotopic (exact) mass is 842 g/mol. The quantitative estimate of drug-likeness (QED) is 0.164. The molecule has 2 saturated heterocycles. The van der Waals surface area contributed by atoms with E-state index in [0.29, 0.717) is 44.7 Å². The predicted octanol–water partition coefficient (Wildman–Crippen LogP) is 4.71. The van der Waals surface area contributed by atoms with Crippen LogP contribution in [0.15, 0.2) is 42.6 Å². The first-order valence-corrected chi connectivity index (χ1v) is 20.2. The number of aromatic carboxylic acids is 1. The van der Waals surface area contributed by atoms with Gasteiger partial charge in [-0.05, 0) is 113 Å². The number of nitrogens with zero attached hydrogens (tertiary/aromatic N) is 4. The summed E-state index contributed by atoms with van der Waals surface area (Å²) < 4.78 is 53.3. The van der Waals surface area contributed by atoms with Crippen LogP contribution in [-0.4, -0.2) is 124 Å². The third kappa shape index (κ3) is 10.1. The minimum Gasteiger partial charge on any atom is -0.477 e. The fourth-order valence-corrected chi connectivity index (χ4v) is 9.76. The van der Waals surface area contributed by atoms with E-state index in [9.17, 15) is 26.7 Å². The van der Waals surface area contributed by atoms with Crippen molar-refractivity contribution in [2.24, 2.45) is 0 Å². The van der Waals surface area contributed by atoms with E-state index in [1.807, 2.05) is 49.5 Å². The van der Waals surface area contributed by atoms with Crippen LogP contribution in [0.5, 0.6) is 0 Å². The van der Waals surface area contributed by atoms with Crippen LogP contribution in [0.4, 0.5) is 0 Å². The number of carboxylic acids is 1. The van der Waals surface area contributed by atoms with Gasteiger partial charge in [-0.2, -0.15) is 0 Å². The molecule has 0 unspecified atom stereocenters. The van der Waals surface area contributed by atoms with E-state index in [1.165, 1.54) is 5.56 Å². The fourth-order valence-electron chi connectivity index (χ4n) is 6.56. The molecule has 0 bridgehead atoms. The van der Waals surface area contributed by atoms with Gasteiger partial charge in [-0.15, -0.1) is 24.0 Å². The molecule has 0 spiro atoms. The first-order chi connectivity index (χ1) is 23.2. The molecule has 50 heavy (non-hydrogen) atoms. The van der Waals surface area contributed by atoms with Crippen LogP contribution in [0.25, 0.3) is 21.8 Å². The largest absolute Gasteiger partial charge is 0.477 e. The lowest BCUT2D eigenvalue weighted by atomic mass is 10.1. The summed E-state index contributed by atoms with van der Waals surface area (Å²) in [6, 6.07) is 11.3. The molecule has 2 aromatic carbocycles. The zero-order chi connectivity index (χ0) is 35.3. The van der Waals surface area contributed by atoms with Crippen molar-refractivity contribution in [1.82, 2.24) is 28.4 Å². The summed E-state index contributed by atoms with van der Waals surface area (Å²) >= 11 is 0. The van der Waals surface area contributed by atoms with Crippen molar-refractivity contribution in [1.29, 1.82) is 0 Å². The van der Waals surface area contributed by atoms with Gasteiger partial charge in [0, 0.05) is 67.3 Å². The Morgan fingerprint density at radius 2 is 1.22 bits per heavy atom. The highest BCUT2D eigenvalue weighted by atomic mass is 127. The van der Waals surface area contributed by atoms with Gasteiger partial charge in [0.1, 0.15) is 5.69 Å². The first kappa shape index (κ1) is 40.2. The van der Waals surface area contributed by atoms with Crippen molar-refractivity contribution in [2.45, 2.75) is 50.0 Å². The highest BCUT2D eigenvalue weighted by Gasteiger charge is 2.27. The molecule has 0 radical (unpaired) electrons. The van der Waals surface area contributed by atoms with E-state index in [1.54, 1.807) is 20.7 Å². The van der Waals surface area contributed by atoms with Crippen LogP contribution in [-0.2, 0) is 44.4 Å². The number of aromatic amines is 2. The van der Waals surface area contributed by atoms with Gasteiger partial charge < -0.3 is 24.9 Å². The highest BCUT2D eigenvalue weighted by Crippen LogP contribution is 2.27. The van der Waals surface area contributed by atoms with E-state index in [4.69, 9.17) is 0 Å². The lowest BCUT2D eigenvalue weighted by Crippen LogP contribution is -2.29. The van der Waals surface area contributed by atoms with Gasteiger partial charge in [0.25, 0.3) is 0 Å². The minimum absolute atomic E-state index is 0. The van der Waals surface area contributed by atoms with Gasteiger partial charge in [-0.3, -0.25) is 0 Å². The Morgan fingerprint density at radius 1 is 0.740 bits per heavy atom. The maximum absolute atomic E-state index is 12.6. The summed E-state index contributed by atoms with van der Waals surface area (Å²) in [6.07, 6.45) is 7.34. The lowest BCUT2D eigenvalue weighted by molar-refractivity contribution is 0.0690. The topological polar surface area (TPSA) is 150 Å². The van der Waals surface area contributed by atoms with Crippen LogP contribution >= 0.6 is 24.0 Å². The normalized spacial score (nSPS) is 16.0. The zero-order valence-electron chi connectivity index (χ0n) is 29.4. The van der Waals surface area contributed by atoms with Crippen LogP contribution < -0.4 is 0 Å². The standard InChI is InChI=1S/C18H25N3O4S.C17H25N3O2S.HI/c1-20(2)10-7-14-15-11-13(5-6-16(15)19-17(14)18(22)23)12-26(24,25)21-8-3-4-9-21;1-19(2)10-7-15-12-18-17-6-5-14(11-16(15)17)13-23(21,22)20-8-3-4-9-20;/h5-6,11,19H,3-4,7-10,12H2,1-2H3,(H,22,23);5-6,11-12,18H,3-4,7-10,13H2,1-2H3;1H. The SMILES string of the molecule is CN(C)CCc1c(C(=O)O)[nH]c2ccc(CS(=O)(=O)N3CCCC3)cc12.CN(C)CCc1c[nH]c2ccc(CS(=O)(=O)N3CCCC3)cc12.I. The maximum Gasteiger partial charge on any atom is 0.352 e. The molecule has 276 valence electrons. The summed E-state index contributed by atoms with van der Waals surface area (Å²) in [5, 5.41) is 11.4. The molecule has 6 rings (SSSR count). The Labute approximate surface area is 313 Å². The molecule has 0 aliphatic carbocycles. The second kappa shape index (κ2) is 17.3. The fraction of sp³-hybridized carbons (Fsp3) is 0.514. The van der Waals surface area contributed by atoms with Gasteiger partial charge in [0.05, 0.1) is 11.5 Å². The summed E-state index contributed by atoms with van der Waals surface area (Å²) in [4.78, 5) is 22.0.